The van der Waals surface area contributed by atoms with Gasteiger partial charge in [0, 0.05) is 10.7 Å². The number of fused-ring (bicyclic) bond motifs is 1. The predicted molar refractivity (Wildman–Crippen MR) is 69.7 cm³/mol. The van der Waals surface area contributed by atoms with Gasteiger partial charge < -0.3 is 14.6 Å². The Hall–Kier alpha value is -1.75. The van der Waals surface area contributed by atoms with Gasteiger partial charge >= 0.3 is 0 Å². The molecule has 0 amide bonds. The van der Waals surface area contributed by atoms with Gasteiger partial charge in [0.1, 0.15) is 5.69 Å². The van der Waals surface area contributed by atoms with Crippen LogP contribution in [0.3, 0.4) is 0 Å². The summed E-state index contributed by atoms with van der Waals surface area (Å²) in [5.74, 6) is 0.752. The van der Waals surface area contributed by atoms with E-state index in [-0.39, 0.29) is 0 Å². The van der Waals surface area contributed by atoms with Gasteiger partial charge in [0.05, 0.1) is 17.6 Å². The van der Waals surface area contributed by atoms with Crippen LogP contribution in [0.15, 0.2) is 39.5 Å². The van der Waals surface area contributed by atoms with Crippen LogP contribution < -0.4 is 5.73 Å². The molecule has 0 saturated carbocycles. The third-order valence-electron chi connectivity index (χ3n) is 2.71. The molecule has 0 unspecified atom stereocenters. The van der Waals surface area contributed by atoms with Crippen molar-refractivity contribution < 1.29 is 4.42 Å². The average molecular weight is 292 g/mol. The molecule has 0 radical (unpaired) electrons. The van der Waals surface area contributed by atoms with E-state index in [0.717, 1.165) is 27.3 Å². The van der Waals surface area contributed by atoms with Gasteiger partial charge in [-0.05, 0) is 41.1 Å². The first-order chi connectivity index (χ1) is 8.16. The van der Waals surface area contributed by atoms with E-state index in [1.807, 2.05) is 35.7 Å². The smallest absolute Gasteiger partial charge is 0.161 e. The highest BCUT2D eigenvalue weighted by atomic mass is 79.9. The SMILES string of the molecule is Cc1c(-c2ccco2)nc2c(N)cc(Br)cn12. The maximum Gasteiger partial charge on any atom is 0.161 e. The molecule has 4 nitrogen and oxygen atoms in total. The topological polar surface area (TPSA) is 56.5 Å². The summed E-state index contributed by atoms with van der Waals surface area (Å²) >= 11 is 3.42. The van der Waals surface area contributed by atoms with E-state index in [0.29, 0.717) is 5.69 Å². The van der Waals surface area contributed by atoms with Crippen LogP contribution in [-0.4, -0.2) is 9.38 Å². The van der Waals surface area contributed by atoms with E-state index < -0.39 is 0 Å². The molecular weight excluding hydrogens is 282 g/mol. The van der Waals surface area contributed by atoms with Crippen LogP contribution in [0.5, 0.6) is 0 Å². The van der Waals surface area contributed by atoms with Crippen molar-refractivity contribution in [3.63, 3.8) is 0 Å². The third kappa shape index (κ3) is 1.54. The highest BCUT2D eigenvalue weighted by Crippen LogP contribution is 2.28. The Balaban J connectivity index is 2.36. The Labute approximate surface area is 106 Å². The van der Waals surface area contributed by atoms with E-state index in [1.54, 1.807) is 6.26 Å². The van der Waals surface area contributed by atoms with E-state index in [1.165, 1.54) is 0 Å². The molecule has 3 rings (SSSR count). The van der Waals surface area contributed by atoms with Crippen molar-refractivity contribution in [1.82, 2.24) is 9.38 Å². The van der Waals surface area contributed by atoms with Gasteiger partial charge in [-0.15, -0.1) is 0 Å². The number of hydrogen-bond acceptors (Lipinski definition) is 3. The highest BCUT2D eigenvalue weighted by molar-refractivity contribution is 9.10. The summed E-state index contributed by atoms with van der Waals surface area (Å²) in [6.45, 7) is 1.99. The highest BCUT2D eigenvalue weighted by Gasteiger charge is 2.14. The monoisotopic (exact) mass is 291 g/mol. The number of hydrogen-bond donors (Lipinski definition) is 1. The maximum atomic E-state index is 5.95. The van der Waals surface area contributed by atoms with Crippen LogP contribution in [0.1, 0.15) is 5.69 Å². The molecule has 3 aromatic rings. The van der Waals surface area contributed by atoms with Crippen molar-refractivity contribution in [2.24, 2.45) is 0 Å². The summed E-state index contributed by atoms with van der Waals surface area (Å²) in [5.41, 5.74) is 9.16. The Kier molecular flexibility index (Phi) is 2.22. The molecule has 0 aliphatic carbocycles. The van der Waals surface area contributed by atoms with Crippen molar-refractivity contribution >= 4 is 27.3 Å². The molecular formula is C12H10BrN3O. The van der Waals surface area contributed by atoms with Crippen LogP contribution >= 0.6 is 15.9 Å². The van der Waals surface area contributed by atoms with E-state index in [2.05, 4.69) is 20.9 Å². The van der Waals surface area contributed by atoms with E-state index >= 15 is 0 Å². The van der Waals surface area contributed by atoms with Gasteiger partial charge in [0.15, 0.2) is 11.4 Å². The molecule has 0 aliphatic rings. The molecule has 0 aromatic carbocycles. The molecule has 86 valence electrons. The largest absolute Gasteiger partial charge is 0.463 e. The summed E-state index contributed by atoms with van der Waals surface area (Å²) in [6.07, 6.45) is 3.58. The van der Waals surface area contributed by atoms with E-state index in [9.17, 15) is 0 Å². The number of pyridine rings is 1. The Bertz CT molecular complexity index is 685. The lowest BCUT2D eigenvalue weighted by Crippen LogP contribution is -1.93. The number of nitrogens with two attached hydrogens (primary N) is 1. The zero-order chi connectivity index (χ0) is 12.0. The Morgan fingerprint density at radius 3 is 3.00 bits per heavy atom. The summed E-state index contributed by atoms with van der Waals surface area (Å²) < 4.78 is 8.25. The minimum Gasteiger partial charge on any atom is -0.463 e. The number of rotatable bonds is 1. The van der Waals surface area contributed by atoms with Crippen molar-refractivity contribution in [2.45, 2.75) is 6.92 Å². The van der Waals surface area contributed by atoms with Crippen molar-refractivity contribution in [3.05, 3.63) is 40.8 Å². The second kappa shape index (κ2) is 3.63. The number of furan rings is 1. The van der Waals surface area contributed by atoms with Gasteiger partial charge in [-0.2, -0.15) is 0 Å². The van der Waals surface area contributed by atoms with Gasteiger partial charge in [-0.1, -0.05) is 0 Å². The second-order valence-corrected chi connectivity index (χ2v) is 4.75. The average Bonchev–Trinajstić information content (AvgIpc) is 2.87. The number of nitrogen functional groups attached to an aromatic ring is 1. The Morgan fingerprint density at radius 1 is 1.47 bits per heavy atom. The molecule has 0 bridgehead atoms. The summed E-state index contributed by atoms with van der Waals surface area (Å²) in [4.78, 5) is 4.52. The number of anilines is 1. The number of nitrogens with zero attached hydrogens (tertiary/aromatic N) is 2. The predicted octanol–water partition coefficient (Wildman–Crippen LogP) is 3.25. The van der Waals surface area contributed by atoms with Crippen molar-refractivity contribution in [3.8, 4) is 11.5 Å². The summed E-state index contributed by atoms with van der Waals surface area (Å²) in [6, 6.07) is 5.58. The summed E-state index contributed by atoms with van der Waals surface area (Å²) in [7, 11) is 0. The number of imidazole rings is 1. The first kappa shape index (κ1) is 10.4. The number of halogens is 1. The fraction of sp³-hybridized carbons (Fsp3) is 0.0833. The van der Waals surface area contributed by atoms with Gasteiger partial charge in [0.2, 0.25) is 0 Å². The van der Waals surface area contributed by atoms with Gasteiger partial charge in [0.25, 0.3) is 0 Å². The quantitative estimate of drug-likeness (QED) is 0.749. The standard InChI is InChI=1S/C12H10BrN3O/c1-7-11(10-3-2-4-17-10)15-12-9(14)5-8(13)6-16(7)12/h2-6H,14H2,1H3. The minimum atomic E-state index is 0.639. The minimum absolute atomic E-state index is 0.639. The maximum absolute atomic E-state index is 5.95. The van der Waals surface area contributed by atoms with Gasteiger partial charge in [-0.3, -0.25) is 0 Å². The summed E-state index contributed by atoms with van der Waals surface area (Å²) in [5, 5.41) is 0. The van der Waals surface area contributed by atoms with E-state index in [4.69, 9.17) is 10.2 Å². The van der Waals surface area contributed by atoms with Crippen molar-refractivity contribution in [1.29, 1.82) is 0 Å². The molecule has 0 spiro atoms. The second-order valence-electron chi connectivity index (χ2n) is 3.83. The molecule has 0 saturated heterocycles. The molecule has 3 aromatic heterocycles. The van der Waals surface area contributed by atoms with Crippen LogP contribution in [-0.2, 0) is 0 Å². The lowest BCUT2D eigenvalue weighted by atomic mass is 10.3. The molecule has 0 aliphatic heterocycles. The molecule has 5 heteroatoms. The van der Waals surface area contributed by atoms with Crippen molar-refractivity contribution in [2.75, 3.05) is 5.73 Å². The first-order valence-corrected chi connectivity index (χ1v) is 5.93. The molecule has 0 fully saturated rings. The number of aryl methyl sites for hydroxylation is 1. The zero-order valence-corrected chi connectivity index (χ0v) is 10.7. The van der Waals surface area contributed by atoms with Crippen LogP contribution in [0.2, 0.25) is 0 Å². The van der Waals surface area contributed by atoms with Crippen LogP contribution in [0.4, 0.5) is 5.69 Å². The zero-order valence-electron chi connectivity index (χ0n) is 9.14. The lowest BCUT2D eigenvalue weighted by Gasteiger charge is -2.00. The molecule has 0 atom stereocenters. The van der Waals surface area contributed by atoms with Gasteiger partial charge in [-0.25, -0.2) is 4.98 Å². The first-order valence-electron chi connectivity index (χ1n) is 5.14. The van der Waals surface area contributed by atoms with Crippen LogP contribution in [0, 0.1) is 6.92 Å². The normalized spacial score (nSPS) is 11.2. The lowest BCUT2D eigenvalue weighted by molar-refractivity contribution is 0.580. The fourth-order valence-corrected chi connectivity index (χ4v) is 2.35. The molecule has 2 N–H and O–H groups in total. The molecule has 17 heavy (non-hydrogen) atoms. The third-order valence-corrected chi connectivity index (χ3v) is 3.14. The number of aromatic nitrogens is 2. The fourth-order valence-electron chi connectivity index (χ4n) is 1.90. The van der Waals surface area contributed by atoms with Crippen LogP contribution in [0.25, 0.3) is 17.1 Å². The Morgan fingerprint density at radius 2 is 2.29 bits per heavy atom. The molecule has 3 heterocycles.